The second kappa shape index (κ2) is 7.21. The van der Waals surface area contributed by atoms with Crippen LogP contribution in [0.2, 0.25) is 0 Å². The Morgan fingerprint density at radius 3 is 2.81 bits per heavy atom. The molecule has 1 heterocycles. The molecule has 0 aliphatic rings. The minimum Gasteiger partial charge on any atom is -0.478 e. The Hall–Kier alpha value is -1.90. The van der Waals surface area contributed by atoms with E-state index in [4.69, 9.17) is 10.00 Å². The number of benzene rings is 1. The summed E-state index contributed by atoms with van der Waals surface area (Å²) in [7, 11) is 0. The van der Waals surface area contributed by atoms with E-state index in [0.29, 0.717) is 6.54 Å². The van der Waals surface area contributed by atoms with Gasteiger partial charge in [-0.1, -0.05) is 18.2 Å². The molecule has 0 saturated carbocycles. The molecule has 1 atom stereocenters. The van der Waals surface area contributed by atoms with E-state index < -0.39 is 0 Å². The Balaban J connectivity index is 2.03. The van der Waals surface area contributed by atoms with Crippen molar-refractivity contribution in [2.75, 3.05) is 6.61 Å². The SMILES string of the molecule is Cc1nc(C)c(C(C)NCc2ccccc2OCC#N)s1. The van der Waals surface area contributed by atoms with E-state index in [1.54, 1.807) is 11.3 Å². The van der Waals surface area contributed by atoms with Crippen LogP contribution in [-0.4, -0.2) is 11.6 Å². The summed E-state index contributed by atoms with van der Waals surface area (Å²) < 4.78 is 5.44. The Labute approximate surface area is 129 Å². The van der Waals surface area contributed by atoms with Crippen LogP contribution in [0, 0.1) is 25.2 Å². The Bertz CT molecular complexity index is 645. The van der Waals surface area contributed by atoms with Gasteiger partial charge in [0.2, 0.25) is 0 Å². The lowest BCUT2D eigenvalue weighted by atomic mass is 10.1. The van der Waals surface area contributed by atoms with Crippen LogP contribution in [0.1, 0.15) is 34.1 Å². The maximum Gasteiger partial charge on any atom is 0.174 e. The molecule has 0 radical (unpaired) electrons. The number of hydrogen-bond acceptors (Lipinski definition) is 5. The van der Waals surface area contributed by atoms with Gasteiger partial charge in [0.15, 0.2) is 6.61 Å². The Kier molecular flexibility index (Phi) is 5.32. The first kappa shape index (κ1) is 15.5. The summed E-state index contributed by atoms with van der Waals surface area (Å²) in [5, 5.41) is 13.2. The summed E-state index contributed by atoms with van der Waals surface area (Å²) in [4.78, 5) is 5.73. The predicted molar refractivity (Wildman–Crippen MR) is 84.4 cm³/mol. The Morgan fingerprint density at radius 1 is 1.38 bits per heavy atom. The van der Waals surface area contributed by atoms with Gasteiger partial charge in [-0.3, -0.25) is 0 Å². The molecule has 0 aliphatic carbocycles. The average Bonchev–Trinajstić information content (AvgIpc) is 2.82. The highest BCUT2D eigenvalue weighted by molar-refractivity contribution is 7.11. The lowest BCUT2D eigenvalue weighted by Gasteiger charge is -2.15. The molecule has 0 amide bonds. The number of hydrogen-bond donors (Lipinski definition) is 1. The predicted octanol–water partition coefficient (Wildman–Crippen LogP) is 3.51. The molecule has 1 unspecified atom stereocenters. The van der Waals surface area contributed by atoms with Gasteiger partial charge in [-0.15, -0.1) is 11.3 Å². The summed E-state index contributed by atoms with van der Waals surface area (Å²) in [5.41, 5.74) is 2.14. The standard InChI is InChI=1S/C16H19N3OS/c1-11(16-12(2)19-13(3)21-16)18-10-14-6-4-5-7-15(14)20-9-8-17/h4-7,11,18H,9-10H2,1-3H3. The van der Waals surface area contributed by atoms with E-state index in [1.807, 2.05) is 44.2 Å². The van der Waals surface area contributed by atoms with Crippen molar-refractivity contribution in [3.8, 4) is 11.8 Å². The molecule has 2 rings (SSSR count). The van der Waals surface area contributed by atoms with Crippen LogP contribution in [0.15, 0.2) is 24.3 Å². The van der Waals surface area contributed by atoms with Gasteiger partial charge in [0.05, 0.1) is 10.7 Å². The molecule has 21 heavy (non-hydrogen) atoms. The molecule has 5 heteroatoms. The zero-order chi connectivity index (χ0) is 15.2. The second-order valence-corrected chi connectivity index (χ2v) is 6.07. The van der Waals surface area contributed by atoms with E-state index in [1.165, 1.54) is 4.88 Å². The lowest BCUT2D eigenvalue weighted by Crippen LogP contribution is -2.18. The molecule has 0 fully saturated rings. The molecular formula is C16H19N3OS. The third-order valence-corrected chi connectivity index (χ3v) is 4.45. The number of nitriles is 1. The maximum atomic E-state index is 8.62. The first-order valence-corrected chi connectivity index (χ1v) is 7.68. The number of ether oxygens (including phenoxy) is 1. The number of nitrogens with zero attached hydrogens (tertiary/aromatic N) is 2. The van der Waals surface area contributed by atoms with Gasteiger partial charge in [0, 0.05) is 23.0 Å². The molecule has 4 nitrogen and oxygen atoms in total. The highest BCUT2D eigenvalue weighted by atomic mass is 32.1. The average molecular weight is 301 g/mol. The van der Waals surface area contributed by atoms with E-state index in [-0.39, 0.29) is 12.6 Å². The third-order valence-electron chi connectivity index (χ3n) is 3.20. The topological polar surface area (TPSA) is 57.9 Å². The summed E-state index contributed by atoms with van der Waals surface area (Å²) >= 11 is 1.73. The van der Waals surface area contributed by atoms with Crippen molar-refractivity contribution < 1.29 is 4.74 Å². The molecular weight excluding hydrogens is 282 g/mol. The first-order valence-electron chi connectivity index (χ1n) is 6.86. The van der Waals surface area contributed by atoms with E-state index >= 15 is 0 Å². The largest absolute Gasteiger partial charge is 0.478 e. The molecule has 0 bridgehead atoms. The van der Waals surface area contributed by atoms with Gasteiger partial charge in [-0.05, 0) is 26.8 Å². The van der Waals surface area contributed by atoms with Gasteiger partial charge >= 0.3 is 0 Å². The van der Waals surface area contributed by atoms with Crippen LogP contribution >= 0.6 is 11.3 Å². The van der Waals surface area contributed by atoms with Crippen molar-refractivity contribution in [2.45, 2.75) is 33.4 Å². The normalized spacial score (nSPS) is 11.9. The number of thiazole rings is 1. The van der Waals surface area contributed by atoms with Crippen LogP contribution in [-0.2, 0) is 6.54 Å². The highest BCUT2D eigenvalue weighted by Gasteiger charge is 2.13. The summed E-state index contributed by atoms with van der Waals surface area (Å²) in [6.45, 7) is 6.97. The van der Waals surface area contributed by atoms with E-state index in [9.17, 15) is 0 Å². The van der Waals surface area contributed by atoms with E-state index in [0.717, 1.165) is 22.0 Å². The zero-order valence-electron chi connectivity index (χ0n) is 12.5. The fourth-order valence-electron chi connectivity index (χ4n) is 2.21. The van der Waals surface area contributed by atoms with Gasteiger partial charge in [-0.25, -0.2) is 4.98 Å². The molecule has 0 aliphatic heterocycles. The fraction of sp³-hybridized carbons (Fsp3) is 0.375. The smallest absolute Gasteiger partial charge is 0.174 e. The molecule has 1 aromatic heterocycles. The molecule has 1 N–H and O–H groups in total. The van der Waals surface area contributed by atoms with Gasteiger partial charge in [-0.2, -0.15) is 5.26 Å². The quantitative estimate of drug-likeness (QED) is 0.887. The number of para-hydroxylation sites is 1. The van der Waals surface area contributed by atoms with Gasteiger partial charge in [0.1, 0.15) is 11.8 Å². The lowest BCUT2D eigenvalue weighted by molar-refractivity contribution is 0.362. The summed E-state index contributed by atoms with van der Waals surface area (Å²) in [6, 6.07) is 10.0. The molecule has 1 aromatic carbocycles. The third kappa shape index (κ3) is 4.03. The summed E-state index contributed by atoms with van der Waals surface area (Å²) in [6.07, 6.45) is 0. The molecule has 0 saturated heterocycles. The minimum atomic E-state index is 0.0692. The number of aromatic nitrogens is 1. The van der Waals surface area contributed by atoms with Crippen LogP contribution in [0.4, 0.5) is 0 Å². The van der Waals surface area contributed by atoms with Crippen molar-refractivity contribution in [2.24, 2.45) is 0 Å². The monoisotopic (exact) mass is 301 g/mol. The first-order chi connectivity index (χ1) is 10.1. The molecule has 0 spiro atoms. The number of nitrogens with one attached hydrogen (secondary N) is 1. The van der Waals surface area contributed by atoms with Gasteiger partial charge < -0.3 is 10.1 Å². The van der Waals surface area contributed by atoms with E-state index in [2.05, 4.69) is 17.2 Å². The van der Waals surface area contributed by atoms with Crippen LogP contribution in [0.3, 0.4) is 0 Å². The van der Waals surface area contributed by atoms with Gasteiger partial charge in [0.25, 0.3) is 0 Å². The van der Waals surface area contributed by atoms with Crippen molar-refractivity contribution in [1.29, 1.82) is 5.26 Å². The summed E-state index contributed by atoms with van der Waals surface area (Å²) in [5.74, 6) is 0.760. The maximum absolute atomic E-state index is 8.62. The highest BCUT2D eigenvalue weighted by Crippen LogP contribution is 2.25. The van der Waals surface area contributed by atoms with Crippen molar-refractivity contribution >= 4 is 11.3 Å². The van der Waals surface area contributed by atoms with Crippen molar-refractivity contribution in [1.82, 2.24) is 10.3 Å². The number of rotatable bonds is 6. The Morgan fingerprint density at radius 2 is 2.14 bits per heavy atom. The second-order valence-electron chi connectivity index (χ2n) is 4.84. The van der Waals surface area contributed by atoms with Crippen LogP contribution < -0.4 is 10.1 Å². The van der Waals surface area contributed by atoms with Crippen molar-refractivity contribution in [3.63, 3.8) is 0 Å². The van der Waals surface area contributed by atoms with Crippen molar-refractivity contribution in [3.05, 3.63) is 45.4 Å². The molecule has 2 aromatic rings. The number of aryl methyl sites for hydroxylation is 2. The molecule has 110 valence electrons. The van der Waals surface area contributed by atoms with Crippen LogP contribution in [0.25, 0.3) is 0 Å². The fourth-order valence-corrected chi connectivity index (χ4v) is 3.16. The van der Waals surface area contributed by atoms with Crippen LogP contribution in [0.5, 0.6) is 5.75 Å². The zero-order valence-corrected chi connectivity index (χ0v) is 13.3. The minimum absolute atomic E-state index is 0.0692.